The van der Waals surface area contributed by atoms with Crippen molar-refractivity contribution in [2.24, 2.45) is 21.9 Å². The van der Waals surface area contributed by atoms with E-state index in [0.29, 0.717) is 11.7 Å². The highest BCUT2D eigenvalue weighted by Gasteiger charge is 2.62. The predicted molar refractivity (Wildman–Crippen MR) is 123 cm³/mol. The Hall–Kier alpha value is -1.40. The molecular weight excluding hydrogens is 498 g/mol. The number of fused-ring (bicyclic) bond motifs is 3. The summed E-state index contributed by atoms with van der Waals surface area (Å²) in [6.45, 7) is 4.59. The number of oxime groups is 1. The summed E-state index contributed by atoms with van der Waals surface area (Å²) >= 11 is 7.20. The molecule has 2 aliphatic rings. The minimum atomic E-state index is -0.363. The fraction of sp³-hybridized carbons (Fsp3) is 0.478. The Morgan fingerprint density at radius 1 is 1.28 bits per heavy atom. The summed E-state index contributed by atoms with van der Waals surface area (Å²) in [6, 6.07) is 9.87. The lowest BCUT2D eigenvalue weighted by Gasteiger charge is -2.36. The molecular formula is C23H25Br2NO3. The van der Waals surface area contributed by atoms with E-state index in [0.717, 1.165) is 44.7 Å². The number of halogens is 2. The van der Waals surface area contributed by atoms with Crippen molar-refractivity contribution < 1.29 is 14.4 Å². The molecule has 2 bridgehead atoms. The number of rotatable bonds is 5. The van der Waals surface area contributed by atoms with Gasteiger partial charge in [0.1, 0.15) is 5.75 Å². The van der Waals surface area contributed by atoms with Crippen LogP contribution < -0.4 is 4.74 Å². The molecule has 0 aromatic heterocycles. The third-order valence-corrected chi connectivity index (χ3v) is 9.02. The zero-order valence-corrected chi connectivity index (χ0v) is 20.1. The lowest BCUT2D eigenvalue weighted by atomic mass is 9.70. The van der Waals surface area contributed by atoms with Crippen LogP contribution in [0.4, 0.5) is 0 Å². The van der Waals surface area contributed by atoms with Gasteiger partial charge in [-0.3, -0.25) is 0 Å². The standard InChI is InChI=1S/C23H25Br2NO3/c1-22-9-8-15(23(22,2)13-24)11-20(22)26-29-21(27)12-18-17-6-5-16(25)10-14(17)4-7-19(18)28-3/h4-7,10,15H,8-9,11-13H2,1-3H3. The van der Waals surface area contributed by atoms with Gasteiger partial charge in [0, 0.05) is 20.8 Å². The van der Waals surface area contributed by atoms with E-state index in [4.69, 9.17) is 9.57 Å². The number of carbonyl (C=O) groups excluding carboxylic acids is 1. The fourth-order valence-corrected chi connectivity index (χ4v) is 6.63. The quantitative estimate of drug-likeness (QED) is 0.264. The number of ether oxygens (including phenoxy) is 1. The van der Waals surface area contributed by atoms with Crippen LogP contribution in [0.3, 0.4) is 0 Å². The van der Waals surface area contributed by atoms with Gasteiger partial charge in [-0.05, 0) is 59.6 Å². The van der Waals surface area contributed by atoms with Crippen molar-refractivity contribution in [3.8, 4) is 5.75 Å². The molecule has 2 fully saturated rings. The van der Waals surface area contributed by atoms with Crippen molar-refractivity contribution in [2.75, 3.05) is 12.4 Å². The van der Waals surface area contributed by atoms with E-state index in [1.807, 2.05) is 30.3 Å². The summed E-state index contributed by atoms with van der Waals surface area (Å²) in [5.74, 6) is 0.919. The predicted octanol–water partition coefficient (Wildman–Crippen LogP) is 6.27. The molecule has 0 spiro atoms. The van der Waals surface area contributed by atoms with Crippen LogP contribution in [0.2, 0.25) is 0 Å². The van der Waals surface area contributed by atoms with Crippen LogP contribution in [-0.2, 0) is 16.1 Å². The molecule has 0 saturated heterocycles. The number of carbonyl (C=O) groups is 1. The molecule has 29 heavy (non-hydrogen) atoms. The summed E-state index contributed by atoms with van der Waals surface area (Å²) in [7, 11) is 1.62. The van der Waals surface area contributed by atoms with Gasteiger partial charge in [-0.15, -0.1) is 0 Å². The zero-order chi connectivity index (χ0) is 20.8. The summed E-state index contributed by atoms with van der Waals surface area (Å²) in [4.78, 5) is 18.1. The largest absolute Gasteiger partial charge is 0.496 e. The van der Waals surface area contributed by atoms with Crippen molar-refractivity contribution in [1.29, 1.82) is 0 Å². The minimum Gasteiger partial charge on any atom is -0.496 e. The normalized spacial score (nSPS) is 29.6. The summed E-state index contributed by atoms with van der Waals surface area (Å²) in [6.07, 6.45) is 3.35. The van der Waals surface area contributed by atoms with Gasteiger partial charge in [-0.1, -0.05) is 63.0 Å². The molecule has 2 saturated carbocycles. The van der Waals surface area contributed by atoms with Crippen molar-refractivity contribution in [2.45, 2.75) is 39.5 Å². The van der Waals surface area contributed by atoms with Gasteiger partial charge < -0.3 is 9.57 Å². The third kappa shape index (κ3) is 3.32. The van der Waals surface area contributed by atoms with E-state index in [2.05, 4.69) is 50.9 Å². The van der Waals surface area contributed by atoms with Gasteiger partial charge >= 0.3 is 5.97 Å². The van der Waals surface area contributed by atoms with Crippen molar-refractivity contribution in [3.05, 3.63) is 40.4 Å². The second-order valence-electron chi connectivity index (χ2n) is 8.61. The summed E-state index contributed by atoms with van der Waals surface area (Å²) in [5.41, 5.74) is 2.01. The van der Waals surface area contributed by atoms with E-state index in [-0.39, 0.29) is 23.2 Å². The molecule has 154 valence electrons. The molecule has 0 heterocycles. The van der Waals surface area contributed by atoms with Gasteiger partial charge in [-0.2, -0.15) is 0 Å². The van der Waals surface area contributed by atoms with Gasteiger partial charge in [0.05, 0.1) is 19.2 Å². The van der Waals surface area contributed by atoms with E-state index in [1.54, 1.807) is 7.11 Å². The highest BCUT2D eigenvalue weighted by Crippen LogP contribution is 2.64. The summed E-state index contributed by atoms with van der Waals surface area (Å²) in [5, 5.41) is 7.33. The lowest BCUT2D eigenvalue weighted by Crippen LogP contribution is -2.36. The van der Waals surface area contributed by atoms with Crippen LogP contribution in [0.5, 0.6) is 5.75 Å². The first kappa shape index (κ1) is 20.9. The Balaban J connectivity index is 1.56. The molecule has 4 nitrogen and oxygen atoms in total. The average molecular weight is 523 g/mol. The molecule has 2 aliphatic carbocycles. The first-order valence-corrected chi connectivity index (χ1v) is 11.8. The Morgan fingerprint density at radius 2 is 2.07 bits per heavy atom. The van der Waals surface area contributed by atoms with E-state index in [9.17, 15) is 4.79 Å². The highest BCUT2D eigenvalue weighted by atomic mass is 79.9. The highest BCUT2D eigenvalue weighted by molar-refractivity contribution is 9.10. The maximum Gasteiger partial charge on any atom is 0.339 e. The molecule has 0 N–H and O–H groups in total. The van der Waals surface area contributed by atoms with Gasteiger partial charge in [0.15, 0.2) is 0 Å². The van der Waals surface area contributed by atoms with Crippen LogP contribution >= 0.6 is 31.9 Å². The molecule has 0 amide bonds. The van der Waals surface area contributed by atoms with E-state index in [1.165, 1.54) is 6.42 Å². The molecule has 3 atom stereocenters. The van der Waals surface area contributed by atoms with Gasteiger partial charge in [0.2, 0.25) is 0 Å². The second-order valence-corrected chi connectivity index (χ2v) is 10.1. The Morgan fingerprint density at radius 3 is 2.76 bits per heavy atom. The molecule has 4 rings (SSSR count). The molecule has 2 aromatic carbocycles. The molecule has 3 unspecified atom stereocenters. The van der Waals surface area contributed by atoms with Crippen molar-refractivity contribution in [1.82, 2.24) is 0 Å². The SMILES string of the molecule is COc1ccc2cc(Br)ccc2c1CC(=O)ON=C1CC2CCC1(C)C2(C)CBr. The van der Waals surface area contributed by atoms with Crippen LogP contribution in [0.25, 0.3) is 10.8 Å². The number of hydrogen-bond acceptors (Lipinski definition) is 4. The first-order valence-electron chi connectivity index (χ1n) is 9.90. The average Bonchev–Trinajstić information content (AvgIpc) is 3.08. The molecule has 0 aliphatic heterocycles. The number of alkyl halides is 1. The Labute approximate surface area is 188 Å². The minimum absolute atomic E-state index is 0.00907. The lowest BCUT2D eigenvalue weighted by molar-refractivity contribution is -0.142. The monoisotopic (exact) mass is 521 g/mol. The molecule has 2 aromatic rings. The van der Waals surface area contributed by atoms with Crippen molar-refractivity contribution in [3.63, 3.8) is 0 Å². The topological polar surface area (TPSA) is 47.9 Å². The van der Waals surface area contributed by atoms with Crippen LogP contribution in [-0.4, -0.2) is 24.1 Å². The Bertz CT molecular complexity index is 1010. The molecule has 0 radical (unpaired) electrons. The zero-order valence-electron chi connectivity index (χ0n) is 16.9. The van der Waals surface area contributed by atoms with Crippen molar-refractivity contribution >= 4 is 54.3 Å². The van der Waals surface area contributed by atoms with Crippen LogP contribution in [0, 0.1) is 16.7 Å². The van der Waals surface area contributed by atoms with Crippen LogP contribution in [0.15, 0.2) is 40.0 Å². The molecule has 6 heteroatoms. The Kier molecular flexibility index (Phi) is 5.53. The second kappa shape index (κ2) is 7.69. The van der Waals surface area contributed by atoms with E-state index < -0.39 is 0 Å². The summed E-state index contributed by atoms with van der Waals surface area (Å²) < 4.78 is 6.49. The number of benzene rings is 2. The third-order valence-electron chi connectivity index (χ3n) is 7.36. The van der Waals surface area contributed by atoms with E-state index >= 15 is 0 Å². The van der Waals surface area contributed by atoms with Gasteiger partial charge in [0.25, 0.3) is 0 Å². The fourth-order valence-electron chi connectivity index (χ4n) is 5.17. The maximum atomic E-state index is 12.7. The first-order chi connectivity index (χ1) is 13.8. The van der Waals surface area contributed by atoms with Crippen LogP contribution in [0.1, 0.15) is 38.7 Å². The number of methoxy groups -OCH3 is 1. The smallest absolute Gasteiger partial charge is 0.339 e. The number of hydrogen-bond donors (Lipinski definition) is 0. The number of nitrogens with zero attached hydrogens (tertiary/aromatic N) is 1. The van der Waals surface area contributed by atoms with Gasteiger partial charge in [-0.25, -0.2) is 4.79 Å². The maximum absolute atomic E-state index is 12.7.